The molecule has 2 N–H and O–H groups in total. The van der Waals surface area contributed by atoms with Gasteiger partial charge in [-0.05, 0) is 37.4 Å². The lowest BCUT2D eigenvalue weighted by Gasteiger charge is -2.30. The molecule has 0 amide bonds. The van der Waals surface area contributed by atoms with Crippen molar-refractivity contribution in [3.8, 4) is 0 Å². The number of likely N-dealkylation sites (tertiary alicyclic amines) is 1. The molecule has 1 fully saturated rings. The molecule has 1 aliphatic rings. The Morgan fingerprint density at radius 2 is 2.27 bits per heavy atom. The van der Waals surface area contributed by atoms with Gasteiger partial charge in [0.1, 0.15) is 0 Å². The van der Waals surface area contributed by atoms with Crippen LogP contribution in [0, 0.1) is 5.92 Å². The molecule has 1 saturated heterocycles. The zero-order chi connectivity index (χ0) is 10.7. The van der Waals surface area contributed by atoms with Crippen LogP contribution in [0.1, 0.15) is 29.5 Å². The summed E-state index contributed by atoms with van der Waals surface area (Å²) in [5, 5.41) is 0. The second-order valence-electron chi connectivity index (χ2n) is 4.55. The van der Waals surface area contributed by atoms with Gasteiger partial charge in [-0.25, -0.2) is 0 Å². The lowest BCUT2D eigenvalue weighted by Crippen LogP contribution is -2.33. The summed E-state index contributed by atoms with van der Waals surface area (Å²) < 4.78 is 0. The largest absolute Gasteiger partial charge is 0.326 e. The van der Waals surface area contributed by atoms with E-state index in [-0.39, 0.29) is 0 Å². The van der Waals surface area contributed by atoms with Crippen LogP contribution in [-0.4, -0.2) is 18.0 Å². The average molecular weight is 224 g/mol. The van der Waals surface area contributed by atoms with Crippen molar-refractivity contribution in [2.24, 2.45) is 11.7 Å². The van der Waals surface area contributed by atoms with Crippen molar-refractivity contribution in [2.75, 3.05) is 13.1 Å². The summed E-state index contributed by atoms with van der Waals surface area (Å²) in [6, 6.07) is 4.39. The Balaban J connectivity index is 1.90. The molecule has 0 aliphatic carbocycles. The van der Waals surface area contributed by atoms with Crippen LogP contribution in [0.2, 0.25) is 0 Å². The van der Waals surface area contributed by atoms with Gasteiger partial charge in [0.2, 0.25) is 0 Å². The van der Waals surface area contributed by atoms with Crippen LogP contribution in [0.3, 0.4) is 0 Å². The third kappa shape index (κ3) is 3.03. The van der Waals surface area contributed by atoms with E-state index in [2.05, 4.69) is 24.0 Å². The van der Waals surface area contributed by atoms with Crippen LogP contribution in [0.15, 0.2) is 12.1 Å². The van der Waals surface area contributed by atoms with Gasteiger partial charge in [0, 0.05) is 29.4 Å². The Morgan fingerprint density at radius 3 is 2.93 bits per heavy atom. The zero-order valence-corrected chi connectivity index (χ0v) is 10.2. The van der Waals surface area contributed by atoms with Gasteiger partial charge in [-0.15, -0.1) is 11.3 Å². The summed E-state index contributed by atoms with van der Waals surface area (Å²) in [4.78, 5) is 5.33. The van der Waals surface area contributed by atoms with Crippen molar-refractivity contribution >= 4 is 11.3 Å². The van der Waals surface area contributed by atoms with Gasteiger partial charge in [0.15, 0.2) is 0 Å². The average Bonchev–Trinajstić information content (AvgIpc) is 2.65. The van der Waals surface area contributed by atoms with Crippen LogP contribution < -0.4 is 5.73 Å². The molecule has 2 rings (SSSR count). The molecule has 0 aromatic carbocycles. The van der Waals surface area contributed by atoms with Gasteiger partial charge >= 0.3 is 0 Å². The Morgan fingerprint density at radius 1 is 1.47 bits per heavy atom. The standard InChI is InChI=1S/C12H20N2S/c1-10-3-2-6-14(8-10)9-12-5-4-11(7-13)15-12/h4-5,10H,2-3,6-9,13H2,1H3. The number of rotatable bonds is 3. The van der Waals surface area contributed by atoms with Crippen LogP contribution in [0.5, 0.6) is 0 Å². The summed E-state index contributed by atoms with van der Waals surface area (Å²) >= 11 is 1.86. The Kier molecular flexibility index (Phi) is 3.78. The van der Waals surface area contributed by atoms with E-state index in [1.54, 1.807) is 0 Å². The highest BCUT2D eigenvalue weighted by molar-refractivity contribution is 7.11. The van der Waals surface area contributed by atoms with E-state index in [0.29, 0.717) is 6.54 Å². The summed E-state index contributed by atoms with van der Waals surface area (Å²) in [6.45, 7) is 6.68. The topological polar surface area (TPSA) is 29.3 Å². The first kappa shape index (κ1) is 11.1. The van der Waals surface area contributed by atoms with E-state index in [4.69, 9.17) is 5.73 Å². The fourth-order valence-electron chi connectivity index (χ4n) is 2.27. The Bertz CT molecular complexity index is 308. The van der Waals surface area contributed by atoms with Crippen molar-refractivity contribution in [3.05, 3.63) is 21.9 Å². The van der Waals surface area contributed by atoms with Gasteiger partial charge in [0.25, 0.3) is 0 Å². The van der Waals surface area contributed by atoms with Crippen LogP contribution in [-0.2, 0) is 13.1 Å². The van der Waals surface area contributed by atoms with Crippen molar-refractivity contribution in [1.29, 1.82) is 0 Å². The van der Waals surface area contributed by atoms with Crippen LogP contribution in [0.4, 0.5) is 0 Å². The molecule has 0 saturated carbocycles. The summed E-state index contributed by atoms with van der Waals surface area (Å²) in [5.41, 5.74) is 5.62. The van der Waals surface area contributed by atoms with Gasteiger partial charge in [-0.2, -0.15) is 0 Å². The maximum atomic E-state index is 5.62. The van der Waals surface area contributed by atoms with Crippen molar-refractivity contribution in [3.63, 3.8) is 0 Å². The minimum Gasteiger partial charge on any atom is -0.326 e. The molecule has 0 bridgehead atoms. The summed E-state index contributed by atoms with van der Waals surface area (Å²) in [7, 11) is 0. The molecular formula is C12H20N2S. The highest BCUT2D eigenvalue weighted by atomic mass is 32.1. The maximum Gasteiger partial charge on any atom is 0.0328 e. The number of nitrogens with two attached hydrogens (primary N) is 1. The SMILES string of the molecule is CC1CCCN(Cc2ccc(CN)s2)C1. The van der Waals surface area contributed by atoms with E-state index in [0.717, 1.165) is 12.5 Å². The van der Waals surface area contributed by atoms with Gasteiger partial charge in [-0.1, -0.05) is 6.92 Å². The maximum absolute atomic E-state index is 5.62. The number of hydrogen-bond donors (Lipinski definition) is 1. The molecule has 15 heavy (non-hydrogen) atoms. The normalized spacial score (nSPS) is 23.2. The molecule has 1 aromatic rings. The predicted molar refractivity (Wildman–Crippen MR) is 65.9 cm³/mol. The smallest absolute Gasteiger partial charge is 0.0328 e. The molecule has 84 valence electrons. The summed E-state index contributed by atoms with van der Waals surface area (Å²) in [6.07, 6.45) is 2.76. The van der Waals surface area contributed by atoms with Crippen molar-refractivity contribution in [2.45, 2.75) is 32.9 Å². The molecule has 1 unspecified atom stereocenters. The summed E-state index contributed by atoms with van der Waals surface area (Å²) in [5.74, 6) is 0.868. The third-order valence-corrected chi connectivity index (χ3v) is 4.13. The van der Waals surface area contributed by atoms with Crippen LogP contribution >= 0.6 is 11.3 Å². The predicted octanol–water partition coefficient (Wildman–Crippen LogP) is 2.44. The fourth-order valence-corrected chi connectivity index (χ4v) is 3.21. The lowest BCUT2D eigenvalue weighted by atomic mass is 10.0. The molecule has 1 aromatic heterocycles. The number of hydrogen-bond acceptors (Lipinski definition) is 3. The van der Waals surface area contributed by atoms with E-state index in [9.17, 15) is 0 Å². The molecule has 1 atom stereocenters. The lowest BCUT2D eigenvalue weighted by molar-refractivity contribution is 0.178. The molecular weight excluding hydrogens is 204 g/mol. The van der Waals surface area contributed by atoms with Crippen molar-refractivity contribution in [1.82, 2.24) is 4.90 Å². The second-order valence-corrected chi connectivity index (χ2v) is 5.81. The minimum atomic E-state index is 0.682. The fraction of sp³-hybridized carbons (Fsp3) is 0.667. The first-order valence-corrected chi connectivity index (χ1v) is 6.59. The zero-order valence-electron chi connectivity index (χ0n) is 9.41. The number of nitrogens with zero attached hydrogens (tertiary/aromatic N) is 1. The first-order chi connectivity index (χ1) is 7.28. The number of piperidine rings is 1. The second kappa shape index (κ2) is 5.10. The van der Waals surface area contributed by atoms with Gasteiger partial charge < -0.3 is 5.73 Å². The third-order valence-electron chi connectivity index (χ3n) is 3.04. The molecule has 2 nitrogen and oxygen atoms in total. The van der Waals surface area contributed by atoms with E-state index in [1.807, 2.05) is 11.3 Å². The first-order valence-electron chi connectivity index (χ1n) is 5.78. The monoisotopic (exact) mass is 224 g/mol. The minimum absolute atomic E-state index is 0.682. The molecule has 1 aliphatic heterocycles. The Hall–Kier alpha value is -0.380. The van der Waals surface area contributed by atoms with Gasteiger partial charge in [0.05, 0.1) is 0 Å². The van der Waals surface area contributed by atoms with E-state index >= 15 is 0 Å². The van der Waals surface area contributed by atoms with E-state index < -0.39 is 0 Å². The number of thiophene rings is 1. The molecule has 3 heteroatoms. The molecule has 0 spiro atoms. The molecule has 0 radical (unpaired) electrons. The van der Waals surface area contributed by atoms with Crippen LogP contribution in [0.25, 0.3) is 0 Å². The highest BCUT2D eigenvalue weighted by Crippen LogP contribution is 2.21. The quantitative estimate of drug-likeness (QED) is 0.854. The molecule has 2 heterocycles. The Labute approximate surface area is 96.1 Å². The van der Waals surface area contributed by atoms with Crippen molar-refractivity contribution < 1.29 is 0 Å². The highest BCUT2D eigenvalue weighted by Gasteiger charge is 2.16. The van der Waals surface area contributed by atoms with E-state index in [1.165, 1.54) is 35.7 Å². The van der Waals surface area contributed by atoms with Gasteiger partial charge in [-0.3, -0.25) is 4.90 Å².